The van der Waals surface area contributed by atoms with Crippen molar-refractivity contribution >= 4 is 17.8 Å². The Kier molecular flexibility index (Phi) is 6.84. The lowest BCUT2D eigenvalue weighted by Crippen LogP contribution is -2.51. The summed E-state index contributed by atoms with van der Waals surface area (Å²) in [6, 6.07) is 14.7. The van der Waals surface area contributed by atoms with Crippen molar-refractivity contribution in [1.29, 1.82) is 0 Å². The first-order valence-corrected chi connectivity index (χ1v) is 9.94. The lowest BCUT2D eigenvalue weighted by Gasteiger charge is -2.24. The molecule has 0 spiro atoms. The fourth-order valence-corrected chi connectivity index (χ4v) is 3.18. The normalized spacial score (nSPS) is 14.0. The number of rotatable bonds is 8. The van der Waals surface area contributed by atoms with Gasteiger partial charge in [0.15, 0.2) is 0 Å². The average molecular weight is 409 g/mol. The molecule has 1 atom stereocenters. The summed E-state index contributed by atoms with van der Waals surface area (Å²) in [5.74, 6) is -1.84. The minimum absolute atomic E-state index is 0.379. The number of ether oxygens (including phenoxy) is 1. The number of amides is 2. The van der Waals surface area contributed by atoms with Gasteiger partial charge >= 0.3 is 5.97 Å². The molecule has 7 nitrogen and oxygen atoms in total. The van der Waals surface area contributed by atoms with E-state index in [2.05, 4.69) is 39.6 Å². The summed E-state index contributed by atoms with van der Waals surface area (Å²) in [6.07, 6.45) is 2.53. The number of esters is 1. The molecule has 2 aromatic rings. The van der Waals surface area contributed by atoms with Crippen LogP contribution in [0.1, 0.15) is 28.8 Å². The second-order valence-corrected chi connectivity index (χ2v) is 7.39. The van der Waals surface area contributed by atoms with Crippen LogP contribution in [0.2, 0.25) is 0 Å². The summed E-state index contributed by atoms with van der Waals surface area (Å²) in [5, 5.41) is 5.88. The van der Waals surface area contributed by atoms with E-state index in [9.17, 15) is 14.4 Å². The fraction of sp³-hybridized carbons (Fsp3) is 0.348. The van der Waals surface area contributed by atoms with Gasteiger partial charge in [0.1, 0.15) is 0 Å². The summed E-state index contributed by atoms with van der Waals surface area (Å²) in [6.45, 7) is 0.872. The third-order valence-electron chi connectivity index (χ3n) is 5.22. The predicted octanol–water partition coefficient (Wildman–Crippen LogP) is 1.97. The Labute approximate surface area is 176 Å². The molecule has 0 heterocycles. The molecule has 3 rings (SSSR count). The average Bonchev–Trinajstić information content (AvgIpc) is 3.62. The van der Waals surface area contributed by atoms with Gasteiger partial charge in [0.05, 0.1) is 7.11 Å². The predicted molar refractivity (Wildman–Crippen MR) is 114 cm³/mol. The Morgan fingerprint density at radius 1 is 1.03 bits per heavy atom. The van der Waals surface area contributed by atoms with Crippen LogP contribution >= 0.6 is 0 Å². The second kappa shape index (κ2) is 9.54. The van der Waals surface area contributed by atoms with Crippen molar-refractivity contribution in [3.8, 4) is 11.1 Å². The summed E-state index contributed by atoms with van der Waals surface area (Å²) >= 11 is 0. The zero-order valence-corrected chi connectivity index (χ0v) is 17.5. The van der Waals surface area contributed by atoms with Gasteiger partial charge in [-0.3, -0.25) is 9.59 Å². The minimum Gasteiger partial charge on any atom is -0.467 e. The van der Waals surface area contributed by atoms with E-state index in [0.717, 1.165) is 22.6 Å². The molecule has 0 aromatic heterocycles. The highest BCUT2D eigenvalue weighted by molar-refractivity contribution is 6.07. The second-order valence-electron chi connectivity index (χ2n) is 7.39. The molecule has 2 N–H and O–H groups in total. The molecule has 7 heteroatoms. The highest BCUT2D eigenvalue weighted by atomic mass is 16.5. The van der Waals surface area contributed by atoms with Crippen LogP contribution in [-0.2, 0) is 20.9 Å². The maximum absolute atomic E-state index is 12.8. The number of carbonyl (C=O) groups excluding carboxylic acids is 3. The van der Waals surface area contributed by atoms with E-state index in [4.69, 9.17) is 0 Å². The van der Waals surface area contributed by atoms with Crippen LogP contribution in [-0.4, -0.2) is 56.0 Å². The monoisotopic (exact) mass is 409 g/mol. The molecule has 0 aliphatic heterocycles. The number of carbonyl (C=O) groups is 3. The SMILES string of the molecule is CNC(=O)C(C(=O)OC)N(C)C(=O)c1ccc(-c2ccc(CNC3CC3)cc2)cc1. The van der Waals surface area contributed by atoms with Crippen LogP contribution in [0.15, 0.2) is 48.5 Å². The summed E-state index contributed by atoms with van der Waals surface area (Å²) in [4.78, 5) is 37.9. The number of methoxy groups -OCH3 is 1. The summed E-state index contributed by atoms with van der Waals surface area (Å²) in [5.41, 5.74) is 3.65. The zero-order valence-electron chi connectivity index (χ0n) is 17.5. The highest BCUT2D eigenvalue weighted by Gasteiger charge is 2.34. The molecule has 158 valence electrons. The molecule has 1 aliphatic rings. The molecule has 30 heavy (non-hydrogen) atoms. The minimum atomic E-state index is -1.34. The Morgan fingerprint density at radius 3 is 2.10 bits per heavy atom. The molecule has 0 bridgehead atoms. The van der Waals surface area contributed by atoms with E-state index in [1.54, 1.807) is 12.1 Å². The molecule has 0 saturated heterocycles. The Balaban J connectivity index is 1.69. The smallest absolute Gasteiger partial charge is 0.338 e. The van der Waals surface area contributed by atoms with Crippen LogP contribution in [0.4, 0.5) is 0 Å². The first-order valence-electron chi connectivity index (χ1n) is 9.94. The molecular formula is C23H27N3O4. The first-order chi connectivity index (χ1) is 14.4. The Bertz CT molecular complexity index is 889. The molecule has 1 fully saturated rings. The van der Waals surface area contributed by atoms with Crippen molar-refractivity contribution in [2.24, 2.45) is 0 Å². The maximum atomic E-state index is 12.8. The van der Waals surface area contributed by atoms with Gasteiger partial charge in [0.25, 0.3) is 11.8 Å². The largest absolute Gasteiger partial charge is 0.467 e. The third kappa shape index (κ3) is 5.04. The molecule has 1 unspecified atom stereocenters. The van der Waals surface area contributed by atoms with Crippen LogP contribution in [0.5, 0.6) is 0 Å². The van der Waals surface area contributed by atoms with Gasteiger partial charge in [-0.1, -0.05) is 36.4 Å². The van der Waals surface area contributed by atoms with Gasteiger partial charge in [-0.15, -0.1) is 0 Å². The molecule has 2 amide bonds. The van der Waals surface area contributed by atoms with Crippen LogP contribution in [0.25, 0.3) is 11.1 Å². The molecule has 0 radical (unpaired) electrons. The number of hydrogen-bond donors (Lipinski definition) is 2. The topological polar surface area (TPSA) is 87.7 Å². The van der Waals surface area contributed by atoms with Crippen molar-refractivity contribution in [1.82, 2.24) is 15.5 Å². The van der Waals surface area contributed by atoms with Gasteiger partial charge < -0.3 is 20.3 Å². The van der Waals surface area contributed by atoms with E-state index in [1.165, 1.54) is 39.6 Å². The highest BCUT2D eigenvalue weighted by Crippen LogP contribution is 2.22. The van der Waals surface area contributed by atoms with Crippen molar-refractivity contribution in [2.45, 2.75) is 31.5 Å². The van der Waals surface area contributed by atoms with Crippen LogP contribution in [0, 0.1) is 0 Å². The Morgan fingerprint density at radius 2 is 1.60 bits per heavy atom. The molecule has 1 saturated carbocycles. The number of hydrogen-bond acceptors (Lipinski definition) is 5. The lowest BCUT2D eigenvalue weighted by molar-refractivity contribution is -0.150. The van der Waals surface area contributed by atoms with Gasteiger partial charge in [-0.25, -0.2) is 4.79 Å². The lowest BCUT2D eigenvalue weighted by atomic mass is 10.0. The number of nitrogens with one attached hydrogen (secondary N) is 2. The van der Waals surface area contributed by atoms with Crippen molar-refractivity contribution < 1.29 is 19.1 Å². The van der Waals surface area contributed by atoms with Crippen LogP contribution < -0.4 is 10.6 Å². The van der Waals surface area contributed by atoms with Crippen LogP contribution in [0.3, 0.4) is 0 Å². The summed E-state index contributed by atoms with van der Waals surface area (Å²) in [7, 11) is 3.98. The van der Waals surface area contributed by atoms with Crippen molar-refractivity contribution in [3.05, 3.63) is 59.7 Å². The summed E-state index contributed by atoms with van der Waals surface area (Å²) < 4.78 is 4.66. The molecule has 2 aromatic carbocycles. The van der Waals surface area contributed by atoms with E-state index < -0.39 is 23.8 Å². The Hall–Kier alpha value is -3.19. The fourth-order valence-electron chi connectivity index (χ4n) is 3.18. The first kappa shape index (κ1) is 21.5. The standard InChI is InChI=1S/C23H27N3O4/c1-24-21(27)20(23(29)30-3)26(2)22(28)18-10-8-17(9-11-18)16-6-4-15(5-7-16)14-25-19-12-13-19/h4-11,19-20,25H,12-14H2,1-3H3,(H,24,27). The van der Waals surface area contributed by atoms with E-state index in [1.807, 2.05) is 12.1 Å². The van der Waals surface area contributed by atoms with Gasteiger partial charge in [-0.2, -0.15) is 0 Å². The molecule has 1 aliphatic carbocycles. The number of likely N-dealkylation sites (N-methyl/N-ethyl adjacent to an activating group) is 2. The zero-order chi connectivity index (χ0) is 21.7. The van der Waals surface area contributed by atoms with E-state index >= 15 is 0 Å². The quantitative estimate of drug-likeness (QED) is 0.514. The number of nitrogens with zero attached hydrogens (tertiary/aromatic N) is 1. The molecular weight excluding hydrogens is 382 g/mol. The van der Waals surface area contributed by atoms with Gasteiger partial charge in [0, 0.05) is 32.2 Å². The third-order valence-corrected chi connectivity index (χ3v) is 5.22. The van der Waals surface area contributed by atoms with Gasteiger partial charge in [-0.05, 0) is 41.7 Å². The number of benzene rings is 2. The maximum Gasteiger partial charge on any atom is 0.338 e. The van der Waals surface area contributed by atoms with Gasteiger partial charge in [0.2, 0.25) is 6.04 Å². The van der Waals surface area contributed by atoms with Crippen molar-refractivity contribution in [3.63, 3.8) is 0 Å². The van der Waals surface area contributed by atoms with E-state index in [0.29, 0.717) is 11.6 Å². The van der Waals surface area contributed by atoms with Crippen molar-refractivity contribution in [2.75, 3.05) is 21.2 Å². The van der Waals surface area contributed by atoms with E-state index in [-0.39, 0.29) is 0 Å².